The number of benzene rings is 1. The first-order valence-corrected chi connectivity index (χ1v) is 7.70. The molecule has 1 heterocycles. The number of hydrogen-bond donors (Lipinski definition) is 2. The number of carbonyl (C=O) groups excluding carboxylic acids is 2. The Bertz CT molecular complexity index is 692. The Hall–Kier alpha value is -2.63. The van der Waals surface area contributed by atoms with Crippen LogP contribution < -0.4 is 10.6 Å². The van der Waals surface area contributed by atoms with Crippen molar-refractivity contribution in [1.82, 2.24) is 15.8 Å². The fourth-order valence-corrected chi connectivity index (χ4v) is 2.29. The number of nitrogens with zero attached hydrogens (tertiary/aromatic N) is 1. The van der Waals surface area contributed by atoms with Crippen LogP contribution >= 0.6 is 0 Å². The van der Waals surface area contributed by atoms with Gasteiger partial charge in [0, 0.05) is 18.5 Å². The fourth-order valence-electron chi connectivity index (χ4n) is 2.29. The molecule has 1 aromatic carbocycles. The summed E-state index contributed by atoms with van der Waals surface area (Å²) >= 11 is 0. The van der Waals surface area contributed by atoms with Gasteiger partial charge in [-0.05, 0) is 25.3 Å². The molecule has 0 saturated heterocycles. The fraction of sp³-hybridized carbons (Fsp3) is 0.353. The summed E-state index contributed by atoms with van der Waals surface area (Å²) in [6.07, 6.45) is 2.43. The molecule has 0 unspecified atom stereocenters. The van der Waals surface area contributed by atoms with Gasteiger partial charge in [-0.2, -0.15) is 0 Å². The van der Waals surface area contributed by atoms with Crippen molar-refractivity contribution in [3.8, 4) is 0 Å². The molecule has 1 saturated carbocycles. The summed E-state index contributed by atoms with van der Waals surface area (Å²) < 4.78 is 4.96. The number of rotatable bonds is 6. The zero-order valence-corrected chi connectivity index (χ0v) is 12.9. The zero-order valence-electron chi connectivity index (χ0n) is 12.9. The van der Waals surface area contributed by atoms with Gasteiger partial charge in [-0.3, -0.25) is 9.59 Å². The molecule has 1 fully saturated rings. The molecular formula is C17H19N3O3. The van der Waals surface area contributed by atoms with E-state index in [1.807, 2.05) is 30.3 Å². The topological polar surface area (TPSA) is 84.2 Å². The van der Waals surface area contributed by atoms with Gasteiger partial charge in [0.15, 0.2) is 0 Å². The van der Waals surface area contributed by atoms with Crippen LogP contribution in [0.5, 0.6) is 0 Å². The molecule has 1 atom stereocenters. The lowest BCUT2D eigenvalue weighted by Gasteiger charge is -2.17. The summed E-state index contributed by atoms with van der Waals surface area (Å²) in [7, 11) is 0. The van der Waals surface area contributed by atoms with Crippen molar-refractivity contribution >= 4 is 11.8 Å². The van der Waals surface area contributed by atoms with E-state index in [9.17, 15) is 9.59 Å². The van der Waals surface area contributed by atoms with E-state index in [1.165, 1.54) is 0 Å². The smallest absolute Gasteiger partial charge is 0.290 e. The Morgan fingerprint density at radius 2 is 2.04 bits per heavy atom. The van der Waals surface area contributed by atoms with Crippen molar-refractivity contribution in [2.45, 2.75) is 38.3 Å². The predicted molar refractivity (Wildman–Crippen MR) is 83.8 cm³/mol. The molecule has 1 aliphatic carbocycles. The van der Waals surface area contributed by atoms with E-state index in [2.05, 4.69) is 15.8 Å². The lowest BCUT2D eigenvalue weighted by atomic mass is 10.0. The molecule has 6 nitrogen and oxygen atoms in total. The minimum Gasteiger partial charge on any atom is -0.352 e. The minimum atomic E-state index is -0.643. The van der Waals surface area contributed by atoms with Crippen molar-refractivity contribution < 1.29 is 14.1 Å². The van der Waals surface area contributed by atoms with E-state index in [0.717, 1.165) is 18.4 Å². The molecule has 0 aliphatic heterocycles. The molecule has 1 aromatic heterocycles. The monoisotopic (exact) mass is 313 g/mol. The summed E-state index contributed by atoms with van der Waals surface area (Å²) in [6, 6.07) is 10.7. The lowest BCUT2D eigenvalue weighted by molar-refractivity contribution is -0.123. The summed E-state index contributed by atoms with van der Waals surface area (Å²) in [5.74, 6) is -0.488. The average Bonchev–Trinajstić information content (AvgIpc) is 3.25. The Morgan fingerprint density at radius 3 is 2.65 bits per heavy atom. The highest BCUT2D eigenvalue weighted by Crippen LogP contribution is 2.19. The first-order chi connectivity index (χ1) is 11.1. The van der Waals surface area contributed by atoms with Gasteiger partial charge >= 0.3 is 0 Å². The number of nitrogens with one attached hydrogen (secondary N) is 2. The van der Waals surface area contributed by atoms with Gasteiger partial charge in [-0.25, -0.2) is 0 Å². The van der Waals surface area contributed by atoms with E-state index in [1.54, 1.807) is 13.0 Å². The second-order valence-corrected chi connectivity index (χ2v) is 5.83. The first kappa shape index (κ1) is 15.3. The average molecular weight is 313 g/mol. The normalized spacial score (nSPS) is 15.0. The molecule has 23 heavy (non-hydrogen) atoms. The van der Waals surface area contributed by atoms with Crippen LogP contribution in [0.15, 0.2) is 40.9 Å². The van der Waals surface area contributed by atoms with Gasteiger partial charge in [0.2, 0.25) is 11.7 Å². The van der Waals surface area contributed by atoms with Crippen molar-refractivity contribution in [1.29, 1.82) is 0 Å². The third-order valence-corrected chi connectivity index (χ3v) is 3.68. The maximum absolute atomic E-state index is 12.4. The van der Waals surface area contributed by atoms with Gasteiger partial charge in [0.1, 0.15) is 6.04 Å². The van der Waals surface area contributed by atoms with E-state index >= 15 is 0 Å². The Morgan fingerprint density at radius 1 is 1.30 bits per heavy atom. The van der Waals surface area contributed by atoms with E-state index in [0.29, 0.717) is 12.1 Å². The van der Waals surface area contributed by atoms with Crippen LogP contribution in [0.4, 0.5) is 0 Å². The van der Waals surface area contributed by atoms with Crippen molar-refractivity contribution in [3.63, 3.8) is 0 Å². The highest BCUT2D eigenvalue weighted by molar-refractivity contribution is 5.95. The molecule has 3 rings (SSSR count). The standard InChI is InChI=1S/C17H19N3O3/c1-11-9-15(23-20-11)17(22)19-14(16(21)18-13-7-8-13)10-12-5-3-2-4-6-12/h2-6,9,13-14H,7-8,10H2,1H3,(H,18,21)(H,19,22)/t14-/m0/s1. The molecule has 6 heteroatoms. The maximum atomic E-state index is 12.4. The Balaban J connectivity index is 1.71. The van der Waals surface area contributed by atoms with Gasteiger partial charge in [0.05, 0.1) is 5.69 Å². The summed E-state index contributed by atoms with van der Waals surface area (Å²) in [5, 5.41) is 9.38. The summed E-state index contributed by atoms with van der Waals surface area (Å²) in [5.41, 5.74) is 1.61. The molecule has 1 aliphatic rings. The van der Waals surface area contributed by atoms with Gasteiger partial charge in [0.25, 0.3) is 5.91 Å². The molecule has 0 spiro atoms. The second-order valence-electron chi connectivity index (χ2n) is 5.83. The largest absolute Gasteiger partial charge is 0.352 e. The van der Waals surface area contributed by atoms with Crippen LogP contribution in [0.3, 0.4) is 0 Å². The zero-order chi connectivity index (χ0) is 16.2. The number of aryl methyl sites for hydroxylation is 1. The molecule has 120 valence electrons. The Kier molecular flexibility index (Phi) is 4.41. The molecule has 2 N–H and O–H groups in total. The third-order valence-electron chi connectivity index (χ3n) is 3.68. The highest BCUT2D eigenvalue weighted by atomic mass is 16.5. The third kappa shape index (κ3) is 4.18. The number of carbonyl (C=O) groups is 2. The van der Waals surface area contributed by atoms with E-state index < -0.39 is 11.9 Å². The lowest BCUT2D eigenvalue weighted by Crippen LogP contribution is -2.48. The van der Waals surface area contributed by atoms with E-state index in [4.69, 9.17) is 4.52 Å². The van der Waals surface area contributed by atoms with Gasteiger partial charge in [-0.15, -0.1) is 0 Å². The SMILES string of the molecule is Cc1cc(C(=O)N[C@@H](Cc2ccccc2)C(=O)NC2CC2)on1. The summed E-state index contributed by atoms with van der Waals surface area (Å²) in [4.78, 5) is 24.6. The molecule has 2 amide bonds. The number of amides is 2. The van der Waals surface area contributed by atoms with Crippen LogP contribution in [-0.4, -0.2) is 29.1 Å². The van der Waals surface area contributed by atoms with Crippen LogP contribution in [0.1, 0.15) is 34.7 Å². The van der Waals surface area contributed by atoms with Crippen LogP contribution in [0, 0.1) is 6.92 Å². The van der Waals surface area contributed by atoms with Crippen LogP contribution in [0.2, 0.25) is 0 Å². The molecule has 0 radical (unpaired) electrons. The van der Waals surface area contributed by atoms with Gasteiger partial charge in [-0.1, -0.05) is 35.5 Å². The van der Waals surface area contributed by atoms with Crippen molar-refractivity contribution in [2.75, 3.05) is 0 Å². The second kappa shape index (κ2) is 6.64. The minimum absolute atomic E-state index is 0.111. The summed E-state index contributed by atoms with van der Waals surface area (Å²) in [6.45, 7) is 1.74. The van der Waals surface area contributed by atoms with Crippen molar-refractivity contribution in [3.05, 3.63) is 53.4 Å². The van der Waals surface area contributed by atoms with Crippen LogP contribution in [0.25, 0.3) is 0 Å². The number of aromatic nitrogens is 1. The molecule has 0 bridgehead atoms. The number of hydrogen-bond acceptors (Lipinski definition) is 4. The molecular weight excluding hydrogens is 294 g/mol. The predicted octanol–water partition coefficient (Wildman–Crippen LogP) is 1.60. The highest BCUT2D eigenvalue weighted by Gasteiger charge is 2.29. The van der Waals surface area contributed by atoms with Crippen molar-refractivity contribution in [2.24, 2.45) is 0 Å². The maximum Gasteiger partial charge on any atom is 0.290 e. The van der Waals surface area contributed by atoms with E-state index in [-0.39, 0.29) is 17.7 Å². The Labute approximate surface area is 134 Å². The molecule has 2 aromatic rings. The quantitative estimate of drug-likeness (QED) is 0.848. The van der Waals surface area contributed by atoms with Gasteiger partial charge < -0.3 is 15.2 Å². The first-order valence-electron chi connectivity index (χ1n) is 7.70. The van der Waals surface area contributed by atoms with Crippen LogP contribution in [-0.2, 0) is 11.2 Å².